The highest BCUT2D eigenvalue weighted by molar-refractivity contribution is 5.82. The highest BCUT2D eigenvalue weighted by Gasteiger charge is 2.45. The molecular weight excluding hydrogens is 869 g/mol. The summed E-state index contributed by atoms with van der Waals surface area (Å²) in [6.45, 7) is 58.2. The van der Waals surface area contributed by atoms with Gasteiger partial charge in [-0.15, -0.1) is 0 Å². The maximum absolute atomic E-state index is 4.32. The summed E-state index contributed by atoms with van der Waals surface area (Å²) < 4.78 is 0. The molecule has 2 saturated carbocycles. The first-order valence-electron chi connectivity index (χ1n) is 29.4. The summed E-state index contributed by atoms with van der Waals surface area (Å²) in [7, 11) is 0. The number of piperidine rings is 3. The van der Waals surface area contributed by atoms with Gasteiger partial charge in [0.15, 0.2) is 0 Å². The average Bonchev–Trinajstić information content (AvgIpc) is 3.62. The van der Waals surface area contributed by atoms with Crippen molar-refractivity contribution in [2.24, 2.45) is 35.5 Å². The van der Waals surface area contributed by atoms with E-state index in [0.717, 1.165) is 79.3 Å². The molecule has 2 bridgehead atoms. The van der Waals surface area contributed by atoms with E-state index in [1.54, 1.807) is 0 Å². The first kappa shape index (κ1) is 67.4. The second kappa shape index (κ2) is 36.4. The van der Waals surface area contributed by atoms with Crippen LogP contribution >= 0.6 is 0 Å². The molecule has 10 rings (SSSR count). The van der Waals surface area contributed by atoms with Gasteiger partial charge in [0.2, 0.25) is 0 Å². The zero-order chi connectivity index (χ0) is 52.3. The fraction of sp³-hybridized carbons (Fsp3) is 0.857. The average molecular weight is 994 g/mol. The third-order valence-corrected chi connectivity index (χ3v) is 14.4. The molecule has 4 unspecified atom stereocenters. The number of likely N-dealkylation sites (tertiary alicyclic amines) is 4. The van der Waals surface area contributed by atoms with Crippen LogP contribution in [0.1, 0.15) is 208 Å². The Morgan fingerprint density at radius 1 is 0.493 bits per heavy atom. The second-order valence-electron chi connectivity index (χ2n) is 26.1. The van der Waals surface area contributed by atoms with Crippen LogP contribution in [0.25, 0.3) is 10.9 Å². The minimum Gasteiger partial charge on any atom is -0.317 e. The minimum absolute atomic E-state index is 0. The summed E-state index contributed by atoms with van der Waals surface area (Å²) in [4.78, 5) is 14.6. The molecule has 6 saturated heterocycles. The quantitative estimate of drug-likeness (QED) is 0.281. The first-order chi connectivity index (χ1) is 33.0. The van der Waals surface area contributed by atoms with Crippen molar-refractivity contribution in [3.8, 4) is 0 Å². The Morgan fingerprint density at radius 3 is 1.27 bits per heavy atom. The number of aromatic nitrogens is 1. The third kappa shape index (κ3) is 30.5. The van der Waals surface area contributed by atoms with Crippen LogP contribution in [0, 0.1) is 35.5 Å². The Balaban J connectivity index is 0.000000409. The number of nitrogens with zero attached hydrogens (tertiary/aromatic N) is 5. The molecule has 71 heavy (non-hydrogen) atoms. The molecule has 2 aromatic rings. The van der Waals surface area contributed by atoms with Crippen molar-refractivity contribution in [1.29, 1.82) is 0 Å². The van der Waals surface area contributed by atoms with Crippen molar-refractivity contribution in [1.82, 2.24) is 40.5 Å². The van der Waals surface area contributed by atoms with E-state index in [0.29, 0.717) is 17.0 Å². The summed E-state index contributed by atoms with van der Waals surface area (Å²) >= 11 is 0. The molecule has 1 aromatic carbocycles. The lowest BCUT2D eigenvalue weighted by Crippen LogP contribution is -2.49. The van der Waals surface area contributed by atoms with E-state index in [9.17, 15) is 0 Å². The second-order valence-corrected chi connectivity index (χ2v) is 26.1. The zero-order valence-electron chi connectivity index (χ0n) is 49.9. The van der Waals surface area contributed by atoms with Crippen molar-refractivity contribution in [3.63, 3.8) is 0 Å². The van der Waals surface area contributed by atoms with Crippen molar-refractivity contribution in [2.45, 2.75) is 225 Å². The molecular formula is C63H124N8. The van der Waals surface area contributed by atoms with Gasteiger partial charge < -0.3 is 25.8 Å². The SMILES string of the molecule is C.C1CCNCC1.C1CNCCN1.CC(C)(C)N1CC2CCC(C2)C1.CC(C)(C)N1CCC1.CC(C)C.CC(C)C.CC(C)N1CC2CC2C1.CC(C)N1CCCC1.CC(C)c1cccc2ncccc12. The number of fused-ring (bicyclic) bond motifs is 4. The lowest BCUT2D eigenvalue weighted by molar-refractivity contribution is 0.0690. The summed E-state index contributed by atoms with van der Waals surface area (Å²) in [5, 5.41) is 11.0. The molecule has 7 heterocycles. The van der Waals surface area contributed by atoms with Crippen LogP contribution in [0.5, 0.6) is 0 Å². The van der Waals surface area contributed by atoms with Gasteiger partial charge >= 0.3 is 0 Å². The van der Waals surface area contributed by atoms with Crippen LogP contribution in [0.15, 0.2) is 36.5 Å². The molecule has 2 aliphatic carbocycles. The highest BCUT2D eigenvalue weighted by atomic mass is 15.2. The topological polar surface area (TPSA) is 61.9 Å². The van der Waals surface area contributed by atoms with Crippen LogP contribution in [0.3, 0.4) is 0 Å². The zero-order valence-corrected chi connectivity index (χ0v) is 49.9. The van der Waals surface area contributed by atoms with E-state index in [1.807, 2.05) is 12.3 Å². The van der Waals surface area contributed by atoms with Gasteiger partial charge in [0.05, 0.1) is 5.52 Å². The van der Waals surface area contributed by atoms with Crippen molar-refractivity contribution < 1.29 is 0 Å². The van der Waals surface area contributed by atoms with Gasteiger partial charge in [-0.3, -0.25) is 14.8 Å². The summed E-state index contributed by atoms with van der Waals surface area (Å²) in [5.74, 6) is 6.50. The number of hydrogen-bond donors (Lipinski definition) is 3. The molecule has 8 fully saturated rings. The largest absolute Gasteiger partial charge is 0.317 e. The van der Waals surface area contributed by atoms with Crippen molar-refractivity contribution in [3.05, 3.63) is 42.1 Å². The monoisotopic (exact) mass is 993 g/mol. The molecule has 1 aromatic heterocycles. The predicted molar refractivity (Wildman–Crippen MR) is 318 cm³/mol. The number of rotatable bonds is 3. The minimum atomic E-state index is 0. The Hall–Kier alpha value is -1.65. The number of benzene rings is 1. The van der Waals surface area contributed by atoms with Crippen molar-refractivity contribution >= 4 is 10.9 Å². The lowest BCUT2D eigenvalue weighted by Gasteiger charge is -2.42. The smallest absolute Gasteiger partial charge is 0.0704 e. The Kier molecular flexibility index (Phi) is 34.5. The van der Waals surface area contributed by atoms with E-state index in [4.69, 9.17) is 0 Å². The maximum atomic E-state index is 4.32. The Labute approximate surface area is 444 Å². The third-order valence-electron chi connectivity index (χ3n) is 14.4. The van der Waals surface area contributed by atoms with Gasteiger partial charge in [0.25, 0.3) is 0 Å². The number of hydrogen-bond acceptors (Lipinski definition) is 8. The molecule has 4 atom stereocenters. The molecule has 416 valence electrons. The van der Waals surface area contributed by atoms with Crippen LogP contribution < -0.4 is 16.0 Å². The van der Waals surface area contributed by atoms with Gasteiger partial charge in [0, 0.05) is 87.1 Å². The van der Waals surface area contributed by atoms with Crippen LogP contribution in [0.4, 0.5) is 0 Å². The van der Waals surface area contributed by atoms with E-state index in [2.05, 4.69) is 189 Å². The molecule has 0 spiro atoms. The number of pyridine rings is 1. The van der Waals surface area contributed by atoms with Gasteiger partial charge in [-0.2, -0.15) is 0 Å². The summed E-state index contributed by atoms with van der Waals surface area (Å²) in [6.07, 6.45) is 16.3. The van der Waals surface area contributed by atoms with E-state index in [-0.39, 0.29) is 7.43 Å². The standard InChI is InChI=1S/C12H13N.C11H21N.C8H15N.2C7H15N.C5H11N.C4H10N2.2C4H10.CH4/c1-9(2)10-5-3-7-12-11(10)6-4-8-13-12;1-11(2,3)12-7-9-4-5-10(6-9)8-12;1-6(2)9-4-7-3-8(7)5-9;1-7(2,3)8-5-4-6-8;1-7(2)8-5-3-4-6-8;1-2-4-6-5-3-1;1-2-6-4-3-5-1;2*1-4(2)3;/h3-9H,1-2H3;9-10H,4-8H2,1-3H3;6-8H,3-5H2,1-2H3;4-6H2,1-3H3;7H,3-6H2,1-2H3;6H,1-5H2;5-6H,1-4H2;2*4H,1-3H3;1H4. The van der Waals surface area contributed by atoms with Crippen LogP contribution in [-0.4, -0.2) is 139 Å². The Bertz CT molecular complexity index is 1480. The van der Waals surface area contributed by atoms with E-state index >= 15 is 0 Å². The van der Waals surface area contributed by atoms with E-state index in [1.165, 1.54) is 141 Å². The van der Waals surface area contributed by atoms with Crippen LogP contribution in [-0.2, 0) is 0 Å². The molecule has 8 heteroatoms. The van der Waals surface area contributed by atoms with Crippen molar-refractivity contribution in [2.75, 3.05) is 91.6 Å². The summed E-state index contributed by atoms with van der Waals surface area (Å²) in [6, 6.07) is 12.0. The maximum Gasteiger partial charge on any atom is 0.0704 e. The molecule has 0 radical (unpaired) electrons. The molecule has 6 aliphatic heterocycles. The number of piperazine rings is 1. The first-order valence-corrected chi connectivity index (χ1v) is 29.4. The molecule has 8 aliphatic rings. The molecule has 3 N–H and O–H groups in total. The summed E-state index contributed by atoms with van der Waals surface area (Å²) in [5.41, 5.74) is 3.30. The highest BCUT2D eigenvalue weighted by Crippen LogP contribution is 2.45. The number of nitrogens with one attached hydrogen (secondary N) is 3. The molecule has 8 nitrogen and oxygen atoms in total. The van der Waals surface area contributed by atoms with Gasteiger partial charge in [-0.25, -0.2) is 0 Å². The van der Waals surface area contributed by atoms with Crippen LogP contribution in [0.2, 0.25) is 0 Å². The van der Waals surface area contributed by atoms with E-state index < -0.39 is 0 Å². The van der Waals surface area contributed by atoms with Gasteiger partial charge in [-0.05, 0) is 225 Å². The fourth-order valence-electron chi connectivity index (χ4n) is 9.89. The normalized spacial score (nSPS) is 23.8. The predicted octanol–water partition coefficient (Wildman–Crippen LogP) is 14.1. The fourth-order valence-corrected chi connectivity index (χ4v) is 9.89. The lowest BCUT2D eigenvalue weighted by atomic mass is 9.94. The van der Waals surface area contributed by atoms with Gasteiger partial charge in [-0.1, -0.05) is 87.4 Å². The Morgan fingerprint density at radius 2 is 0.958 bits per heavy atom. The van der Waals surface area contributed by atoms with Gasteiger partial charge in [0.1, 0.15) is 0 Å². The molecule has 0 amide bonds.